The van der Waals surface area contributed by atoms with E-state index in [4.69, 9.17) is 4.74 Å². The summed E-state index contributed by atoms with van der Waals surface area (Å²) in [5.74, 6) is -0.244. The maximum Gasteiger partial charge on any atom is 0.230 e. The first-order valence-electron chi connectivity index (χ1n) is 9.20. The number of ether oxygens (including phenoxy) is 1. The van der Waals surface area contributed by atoms with Gasteiger partial charge in [0, 0.05) is 25.2 Å². The molecule has 140 valence electrons. The number of amides is 2. The van der Waals surface area contributed by atoms with Gasteiger partial charge in [-0.25, -0.2) is 4.98 Å². The van der Waals surface area contributed by atoms with Gasteiger partial charge in [0.05, 0.1) is 31.0 Å². The molecule has 0 saturated carbocycles. The van der Waals surface area contributed by atoms with Crippen LogP contribution in [0.5, 0.6) is 0 Å². The van der Waals surface area contributed by atoms with Gasteiger partial charge in [0.15, 0.2) is 0 Å². The molecular weight excluding hydrogens is 350 g/mol. The van der Waals surface area contributed by atoms with Crippen LogP contribution in [0.25, 0.3) is 0 Å². The molecule has 2 fully saturated rings. The Bertz CT molecular complexity index is 732. The van der Waals surface area contributed by atoms with Crippen molar-refractivity contribution in [1.82, 2.24) is 14.8 Å². The van der Waals surface area contributed by atoms with Crippen LogP contribution in [0.4, 0.5) is 0 Å². The number of hydrogen-bond acceptors (Lipinski definition) is 5. The average molecular weight is 375 g/mol. The summed E-state index contributed by atoms with van der Waals surface area (Å²) in [5.41, 5.74) is -0.610. The lowest BCUT2D eigenvalue weighted by atomic mass is 9.76. The van der Waals surface area contributed by atoms with Gasteiger partial charge in [0.25, 0.3) is 0 Å². The number of nitrogens with zero attached hydrogens (tertiary/aromatic N) is 3. The van der Waals surface area contributed by atoms with E-state index in [1.807, 2.05) is 22.4 Å². The topological polar surface area (TPSA) is 62.7 Å². The Morgan fingerprint density at radius 1 is 1.54 bits per heavy atom. The Morgan fingerprint density at radius 3 is 3.04 bits per heavy atom. The maximum atomic E-state index is 13.1. The van der Waals surface area contributed by atoms with Crippen LogP contribution in [0, 0.1) is 17.8 Å². The second-order valence-electron chi connectivity index (χ2n) is 7.96. The largest absolute Gasteiger partial charge is 0.360 e. The number of aromatic nitrogens is 1. The van der Waals surface area contributed by atoms with Crippen molar-refractivity contribution in [2.75, 3.05) is 20.1 Å². The number of likely N-dealkylation sites (tertiary alicyclic amines) is 1. The van der Waals surface area contributed by atoms with E-state index in [1.54, 1.807) is 18.1 Å². The van der Waals surface area contributed by atoms with Crippen molar-refractivity contribution in [3.63, 3.8) is 0 Å². The third kappa shape index (κ3) is 2.77. The van der Waals surface area contributed by atoms with Crippen molar-refractivity contribution in [3.05, 3.63) is 28.7 Å². The van der Waals surface area contributed by atoms with E-state index in [-0.39, 0.29) is 17.9 Å². The molecule has 0 radical (unpaired) electrons. The van der Waals surface area contributed by atoms with Crippen molar-refractivity contribution in [2.24, 2.45) is 17.8 Å². The summed E-state index contributed by atoms with van der Waals surface area (Å²) in [6.45, 7) is 6.07. The van der Waals surface area contributed by atoms with E-state index in [9.17, 15) is 9.59 Å². The molecule has 0 aromatic carbocycles. The normalized spacial score (nSPS) is 31.9. The maximum absolute atomic E-state index is 13.1. The first kappa shape index (κ1) is 17.7. The number of rotatable bonds is 6. The Kier molecular flexibility index (Phi) is 4.39. The lowest BCUT2D eigenvalue weighted by molar-refractivity contribution is -0.142. The standard InChI is InChI=1S/C19H25N3O3S/c1-12(2)5-8-22-11-19-6-4-13(25-19)15(16(19)18(22)24)17(23)21(3)10-14-20-7-9-26-14/h4,6-7,9,12-13,15-16H,5,8,10-11H2,1-3H3/t13-,15-,16+,19-/m0/s1. The van der Waals surface area contributed by atoms with Gasteiger partial charge in [-0.2, -0.15) is 0 Å². The molecule has 1 aromatic heterocycles. The lowest BCUT2D eigenvalue weighted by Crippen LogP contribution is -2.44. The molecule has 0 unspecified atom stereocenters. The third-order valence-electron chi connectivity index (χ3n) is 5.67. The summed E-state index contributed by atoms with van der Waals surface area (Å²) in [6, 6.07) is 0. The number of carbonyl (C=O) groups excluding carboxylic acids is 2. The molecule has 4 rings (SSSR count). The lowest BCUT2D eigenvalue weighted by Gasteiger charge is -2.27. The van der Waals surface area contributed by atoms with Crippen LogP contribution in [-0.2, 0) is 20.9 Å². The molecule has 2 amide bonds. The molecule has 7 heteroatoms. The predicted molar refractivity (Wildman–Crippen MR) is 98.3 cm³/mol. The molecule has 2 saturated heterocycles. The van der Waals surface area contributed by atoms with Crippen LogP contribution < -0.4 is 0 Å². The van der Waals surface area contributed by atoms with Gasteiger partial charge in [-0.1, -0.05) is 26.0 Å². The molecular formula is C19H25N3O3S. The molecule has 4 heterocycles. The predicted octanol–water partition coefficient (Wildman–Crippen LogP) is 1.93. The molecule has 6 nitrogen and oxygen atoms in total. The van der Waals surface area contributed by atoms with E-state index in [1.165, 1.54) is 11.3 Å². The first-order valence-corrected chi connectivity index (χ1v) is 10.1. The zero-order chi connectivity index (χ0) is 18.5. The van der Waals surface area contributed by atoms with E-state index in [0.717, 1.165) is 18.0 Å². The molecule has 26 heavy (non-hydrogen) atoms. The molecule has 3 aliphatic rings. The molecule has 1 aromatic rings. The van der Waals surface area contributed by atoms with Crippen LogP contribution >= 0.6 is 11.3 Å². The van der Waals surface area contributed by atoms with Crippen LogP contribution in [-0.4, -0.2) is 58.4 Å². The van der Waals surface area contributed by atoms with Gasteiger partial charge in [0.2, 0.25) is 11.8 Å². The second kappa shape index (κ2) is 6.46. The summed E-state index contributed by atoms with van der Waals surface area (Å²) in [7, 11) is 1.78. The Hall–Kier alpha value is -1.73. The zero-order valence-corrected chi connectivity index (χ0v) is 16.2. The molecule has 1 spiro atoms. The highest BCUT2D eigenvalue weighted by atomic mass is 32.1. The quantitative estimate of drug-likeness (QED) is 0.713. The monoisotopic (exact) mass is 375 g/mol. The van der Waals surface area contributed by atoms with Crippen molar-refractivity contribution < 1.29 is 14.3 Å². The molecule has 4 atom stereocenters. The van der Waals surface area contributed by atoms with Gasteiger partial charge in [-0.05, 0) is 12.3 Å². The summed E-state index contributed by atoms with van der Waals surface area (Å²) >= 11 is 1.53. The van der Waals surface area contributed by atoms with E-state index >= 15 is 0 Å². The highest BCUT2D eigenvalue weighted by Crippen LogP contribution is 2.52. The van der Waals surface area contributed by atoms with Gasteiger partial charge >= 0.3 is 0 Å². The van der Waals surface area contributed by atoms with Crippen LogP contribution in [0.1, 0.15) is 25.3 Å². The minimum Gasteiger partial charge on any atom is -0.360 e. The number of thiazole rings is 1. The molecule has 0 N–H and O–H groups in total. The zero-order valence-electron chi connectivity index (χ0n) is 15.4. The molecule has 0 aliphatic carbocycles. The van der Waals surface area contributed by atoms with E-state index < -0.39 is 17.4 Å². The fourth-order valence-electron chi connectivity index (χ4n) is 4.33. The SMILES string of the molecule is CC(C)CCN1C[C@]23C=C[C@H](O2)[C@H](C(=O)N(C)Cc2nccs2)[C@@H]3C1=O. The van der Waals surface area contributed by atoms with Gasteiger partial charge in [0.1, 0.15) is 10.6 Å². The number of fused-ring (bicyclic) bond motifs is 1. The minimum atomic E-state index is -0.610. The van der Waals surface area contributed by atoms with Crippen LogP contribution in [0.15, 0.2) is 23.7 Å². The number of hydrogen-bond donors (Lipinski definition) is 0. The van der Waals surface area contributed by atoms with Crippen LogP contribution in [0.2, 0.25) is 0 Å². The summed E-state index contributed by atoms with van der Waals surface area (Å²) < 4.78 is 6.18. The average Bonchev–Trinajstić information content (AvgIpc) is 3.35. The number of carbonyl (C=O) groups is 2. The summed E-state index contributed by atoms with van der Waals surface area (Å²) in [5, 5.41) is 2.80. The van der Waals surface area contributed by atoms with Crippen LogP contribution in [0.3, 0.4) is 0 Å². The third-order valence-corrected chi connectivity index (χ3v) is 6.44. The molecule has 2 bridgehead atoms. The highest BCUT2D eigenvalue weighted by Gasteiger charge is 2.66. The summed E-state index contributed by atoms with van der Waals surface area (Å²) in [4.78, 5) is 34.0. The van der Waals surface area contributed by atoms with Gasteiger partial charge in [-0.3, -0.25) is 9.59 Å². The second-order valence-corrected chi connectivity index (χ2v) is 8.94. The van der Waals surface area contributed by atoms with Crippen molar-refractivity contribution in [3.8, 4) is 0 Å². The highest BCUT2D eigenvalue weighted by molar-refractivity contribution is 7.09. The fraction of sp³-hybridized carbons (Fsp3) is 0.632. The van der Waals surface area contributed by atoms with Crippen molar-refractivity contribution in [1.29, 1.82) is 0 Å². The van der Waals surface area contributed by atoms with Gasteiger partial charge in [-0.15, -0.1) is 11.3 Å². The molecule has 3 aliphatic heterocycles. The van der Waals surface area contributed by atoms with Crippen molar-refractivity contribution >= 4 is 23.2 Å². The van der Waals surface area contributed by atoms with Crippen molar-refractivity contribution in [2.45, 2.75) is 38.5 Å². The Balaban J connectivity index is 1.52. The Labute approximate surface area is 157 Å². The fourth-order valence-corrected chi connectivity index (χ4v) is 5.00. The first-order chi connectivity index (χ1) is 12.4. The van der Waals surface area contributed by atoms with E-state index in [2.05, 4.69) is 18.8 Å². The smallest absolute Gasteiger partial charge is 0.230 e. The Morgan fingerprint density at radius 2 is 2.35 bits per heavy atom. The van der Waals surface area contributed by atoms with E-state index in [0.29, 0.717) is 19.0 Å². The minimum absolute atomic E-state index is 0.0273. The summed E-state index contributed by atoms with van der Waals surface area (Å²) in [6.07, 6.45) is 6.39. The van der Waals surface area contributed by atoms with Gasteiger partial charge < -0.3 is 14.5 Å².